The van der Waals surface area contributed by atoms with Crippen LogP contribution in [0.2, 0.25) is 0 Å². The maximum Gasteiger partial charge on any atom is 0.143 e. The van der Waals surface area contributed by atoms with E-state index in [1.165, 1.54) is 0 Å². The molecule has 1 heterocycles. The molecule has 1 aromatic carbocycles. The third kappa shape index (κ3) is 2.25. The molecule has 0 saturated carbocycles. The van der Waals surface area contributed by atoms with Crippen molar-refractivity contribution in [3.05, 3.63) is 18.2 Å². The zero-order chi connectivity index (χ0) is 13.2. The van der Waals surface area contributed by atoms with E-state index in [1.807, 2.05) is 18.2 Å². The summed E-state index contributed by atoms with van der Waals surface area (Å²) in [6.45, 7) is 5.84. The molecule has 0 unspecified atom stereocenters. The Hall–Kier alpha value is -1.42. The van der Waals surface area contributed by atoms with Crippen LogP contribution in [0.4, 0.5) is 11.4 Å². The molecule has 1 aliphatic heterocycles. The maximum absolute atomic E-state index is 9.22. The van der Waals surface area contributed by atoms with E-state index in [9.17, 15) is 5.11 Å². The van der Waals surface area contributed by atoms with E-state index in [1.54, 1.807) is 0 Å². The molecule has 1 aromatic rings. The van der Waals surface area contributed by atoms with Crippen molar-refractivity contribution in [3.63, 3.8) is 0 Å². The molecule has 0 amide bonds. The number of aliphatic hydroxyl groups is 1. The monoisotopic (exact) mass is 250 g/mol. The van der Waals surface area contributed by atoms with Crippen molar-refractivity contribution < 1.29 is 9.84 Å². The number of hydrogen-bond donors (Lipinski definition) is 2. The number of nitrogens with zero attached hydrogens (tertiary/aromatic N) is 1. The Morgan fingerprint density at radius 2 is 2.11 bits per heavy atom. The van der Waals surface area contributed by atoms with Crippen molar-refractivity contribution in [2.24, 2.45) is 0 Å². The molecule has 18 heavy (non-hydrogen) atoms. The minimum atomic E-state index is -0.154. The minimum Gasteiger partial charge on any atom is -0.483 e. The highest BCUT2D eigenvalue weighted by Crippen LogP contribution is 2.40. The highest BCUT2D eigenvalue weighted by atomic mass is 16.5. The van der Waals surface area contributed by atoms with E-state index >= 15 is 0 Å². The average molecular weight is 250 g/mol. The molecule has 0 spiro atoms. The maximum atomic E-state index is 9.22. The summed E-state index contributed by atoms with van der Waals surface area (Å²) >= 11 is 0. The summed E-state index contributed by atoms with van der Waals surface area (Å²) in [6.07, 6.45) is 1.91. The molecule has 1 aliphatic rings. The average Bonchev–Trinajstić information content (AvgIpc) is 2.39. The van der Waals surface area contributed by atoms with Crippen LogP contribution in [0.25, 0.3) is 0 Å². The van der Waals surface area contributed by atoms with Crippen LogP contribution in [-0.4, -0.2) is 30.4 Å². The van der Waals surface area contributed by atoms with Crippen LogP contribution in [0.3, 0.4) is 0 Å². The summed E-state index contributed by atoms with van der Waals surface area (Å²) in [6, 6.07) is 5.70. The first-order valence-corrected chi connectivity index (χ1v) is 6.58. The van der Waals surface area contributed by atoms with Gasteiger partial charge in [0.05, 0.1) is 18.8 Å². The predicted molar refractivity (Wildman–Crippen MR) is 74.1 cm³/mol. The van der Waals surface area contributed by atoms with Crippen LogP contribution < -0.4 is 15.4 Å². The van der Waals surface area contributed by atoms with Gasteiger partial charge in [-0.15, -0.1) is 0 Å². The SMILES string of the molecule is CCC1(CC)CN(CCO)c2cc(N)ccc2O1. The lowest BCUT2D eigenvalue weighted by Gasteiger charge is -2.44. The van der Waals surface area contributed by atoms with E-state index in [0.717, 1.165) is 36.5 Å². The lowest BCUT2D eigenvalue weighted by atomic mass is 9.94. The number of ether oxygens (including phenoxy) is 1. The second-order valence-corrected chi connectivity index (χ2v) is 4.86. The van der Waals surface area contributed by atoms with E-state index in [4.69, 9.17) is 10.5 Å². The van der Waals surface area contributed by atoms with Crippen LogP contribution in [0, 0.1) is 0 Å². The van der Waals surface area contributed by atoms with Crippen molar-refractivity contribution in [1.82, 2.24) is 0 Å². The summed E-state index contributed by atoms with van der Waals surface area (Å²) in [5.74, 6) is 0.868. The second-order valence-electron chi connectivity index (χ2n) is 4.86. The van der Waals surface area contributed by atoms with Gasteiger partial charge < -0.3 is 20.5 Å². The standard InChI is InChI=1S/C14H22N2O2/c1-3-14(4-2)10-16(7-8-17)12-9-11(15)5-6-13(12)18-14/h5-6,9,17H,3-4,7-8,10,15H2,1-2H3. The summed E-state index contributed by atoms with van der Waals surface area (Å²) in [7, 11) is 0. The molecule has 0 aliphatic carbocycles. The van der Waals surface area contributed by atoms with Gasteiger partial charge in [0, 0.05) is 12.2 Å². The van der Waals surface area contributed by atoms with Crippen LogP contribution in [-0.2, 0) is 0 Å². The molecule has 0 radical (unpaired) electrons. The van der Waals surface area contributed by atoms with E-state index < -0.39 is 0 Å². The Labute approximate surface area is 108 Å². The minimum absolute atomic E-state index is 0.137. The van der Waals surface area contributed by atoms with Gasteiger partial charge in [-0.25, -0.2) is 0 Å². The third-order valence-electron chi connectivity index (χ3n) is 3.79. The fraction of sp³-hybridized carbons (Fsp3) is 0.571. The Morgan fingerprint density at radius 3 is 2.72 bits per heavy atom. The van der Waals surface area contributed by atoms with Gasteiger partial charge in [0.25, 0.3) is 0 Å². The van der Waals surface area contributed by atoms with Gasteiger partial charge >= 0.3 is 0 Å². The van der Waals surface area contributed by atoms with Gasteiger partial charge in [-0.3, -0.25) is 0 Å². The van der Waals surface area contributed by atoms with Gasteiger partial charge in [0.15, 0.2) is 0 Å². The van der Waals surface area contributed by atoms with Crippen LogP contribution in [0.5, 0.6) is 5.75 Å². The highest BCUT2D eigenvalue weighted by molar-refractivity contribution is 5.66. The number of aliphatic hydroxyl groups excluding tert-OH is 1. The third-order valence-corrected chi connectivity index (χ3v) is 3.79. The fourth-order valence-electron chi connectivity index (χ4n) is 2.50. The van der Waals surface area contributed by atoms with E-state index in [-0.39, 0.29) is 12.2 Å². The van der Waals surface area contributed by atoms with Gasteiger partial charge in [0.1, 0.15) is 11.4 Å². The zero-order valence-corrected chi connectivity index (χ0v) is 11.1. The van der Waals surface area contributed by atoms with Crippen molar-refractivity contribution in [2.45, 2.75) is 32.3 Å². The molecule has 0 bridgehead atoms. The van der Waals surface area contributed by atoms with Crippen molar-refractivity contribution >= 4 is 11.4 Å². The fourth-order valence-corrected chi connectivity index (χ4v) is 2.50. The zero-order valence-electron chi connectivity index (χ0n) is 11.1. The van der Waals surface area contributed by atoms with Gasteiger partial charge in [-0.1, -0.05) is 13.8 Å². The largest absolute Gasteiger partial charge is 0.483 e. The first kappa shape index (κ1) is 13.0. The molecule has 0 aromatic heterocycles. The Morgan fingerprint density at radius 1 is 1.39 bits per heavy atom. The number of nitrogens with two attached hydrogens (primary N) is 1. The topological polar surface area (TPSA) is 58.7 Å². The predicted octanol–water partition coefficient (Wildman–Crippen LogP) is 2.02. The molecule has 0 atom stereocenters. The highest BCUT2D eigenvalue weighted by Gasteiger charge is 2.36. The molecule has 100 valence electrons. The quantitative estimate of drug-likeness (QED) is 0.803. The summed E-state index contributed by atoms with van der Waals surface area (Å²) < 4.78 is 6.17. The number of benzene rings is 1. The number of β-amino-alcohol motifs (C(OH)–C–C–N with tert-alkyl or cyclic N) is 1. The molecular weight excluding hydrogens is 228 g/mol. The number of fused-ring (bicyclic) bond motifs is 1. The summed E-state index contributed by atoms with van der Waals surface area (Å²) in [5, 5.41) is 9.22. The molecule has 3 N–H and O–H groups in total. The van der Waals surface area contributed by atoms with Crippen LogP contribution in [0.15, 0.2) is 18.2 Å². The lowest BCUT2D eigenvalue weighted by molar-refractivity contribution is 0.0564. The lowest BCUT2D eigenvalue weighted by Crippen LogP contribution is -2.51. The van der Waals surface area contributed by atoms with E-state index in [2.05, 4.69) is 18.7 Å². The van der Waals surface area contributed by atoms with Crippen molar-refractivity contribution in [1.29, 1.82) is 0 Å². The van der Waals surface area contributed by atoms with Gasteiger partial charge in [-0.2, -0.15) is 0 Å². The summed E-state index contributed by atoms with van der Waals surface area (Å²) in [4.78, 5) is 2.17. The number of anilines is 2. The van der Waals surface area contributed by atoms with E-state index in [0.29, 0.717) is 6.54 Å². The molecule has 0 saturated heterocycles. The molecule has 4 nitrogen and oxygen atoms in total. The van der Waals surface area contributed by atoms with Crippen LogP contribution in [0.1, 0.15) is 26.7 Å². The second kappa shape index (κ2) is 5.06. The molecule has 2 rings (SSSR count). The van der Waals surface area contributed by atoms with Gasteiger partial charge in [-0.05, 0) is 31.0 Å². The van der Waals surface area contributed by atoms with Crippen molar-refractivity contribution in [3.8, 4) is 5.75 Å². The Bertz CT molecular complexity index is 416. The number of hydrogen-bond acceptors (Lipinski definition) is 4. The van der Waals surface area contributed by atoms with Crippen LogP contribution >= 0.6 is 0 Å². The Balaban J connectivity index is 2.39. The molecule has 0 fully saturated rings. The number of rotatable bonds is 4. The first-order chi connectivity index (χ1) is 8.64. The first-order valence-electron chi connectivity index (χ1n) is 6.58. The van der Waals surface area contributed by atoms with Gasteiger partial charge in [0.2, 0.25) is 0 Å². The Kier molecular flexibility index (Phi) is 3.66. The van der Waals surface area contributed by atoms with Crippen molar-refractivity contribution in [2.75, 3.05) is 30.3 Å². The smallest absolute Gasteiger partial charge is 0.143 e. The normalized spacial score (nSPS) is 17.2. The molecule has 4 heteroatoms. The summed E-state index contributed by atoms with van der Waals surface area (Å²) in [5.41, 5.74) is 7.38. The molecular formula is C14H22N2O2. The number of nitrogen functional groups attached to an aromatic ring is 1.